The topological polar surface area (TPSA) is 114 Å². The van der Waals surface area contributed by atoms with E-state index in [2.05, 4.69) is 20.2 Å². The largest absolute Gasteiger partial charge is 0.416 e. The van der Waals surface area contributed by atoms with Crippen molar-refractivity contribution in [1.82, 2.24) is 24.7 Å². The minimum Gasteiger partial charge on any atom is -0.307 e. The second-order valence-electron chi connectivity index (χ2n) is 5.89. The SMILES string of the molecule is CCS(=O)(=O)c1ccc(C#N)nc1-c1nnc(-c2cc(C(F)(F)F)ccn2)n1C. The molecule has 29 heavy (non-hydrogen) atoms. The summed E-state index contributed by atoms with van der Waals surface area (Å²) in [5.41, 5.74) is -1.17. The van der Waals surface area contributed by atoms with Crippen LogP contribution in [0.2, 0.25) is 0 Å². The molecule has 3 heterocycles. The molecule has 0 bridgehead atoms. The smallest absolute Gasteiger partial charge is 0.307 e. The van der Waals surface area contributed by atoms with Crippen molar-refractivity contribution in [2.75, 3.05) is 5.75 Å². The van der Waals surface area contributed by atoms with Gasteiger partial charge in [0.15, 0.2) is 21.5 Å². The summed E-state index contributed by atoms with van der Waals surface area (Å²) in [5.74, 6) is -0.258. The molecular weight excluding hydrogens is 409 g/mol. The standard InChI is InChI=1S/C17H13F3N6O2S/c1-3-29(27,28)13-5-4-11(9-21)23-14(13)16-25-24-15(26(16)2)12-8-10(6-7-22-12)17(18,19)20/h4-8H,3H2,1-2H3. The van der Waals surface area contributed by atoms with Gasteiger partial charge in [0, 0.05) is 13.2 Å². The maximum atomic E-state index is 13.0. The number of nitriles is 1. The van der Waals surface area contributed by atoms with Crippen LogP contribution in [-0.2, 0) is 23.1 Å². The Labute approximate surface area is 163 Å². The second-order valence-corrected chi connectivity index (χ2v) is 8.14. The molecule has 12 heteroatoms. The molecule has 0 unspecified atom stereocenters. The monoisotopic (exact) mass is 422 g/mol. The van der Waals surface area contributed by atoms with Gasteiger partial charge in [-0.05, 0) is 24.3 Å². The molecule has 0 atom stereocenters. The lowest BCUT2D eigenvalue weighted by atomic mass is 10.2. The Balaban J connectivity index is 2.20. The van der Waals surface area contributed by atoms with Crippen LogP contribution in [-0.4, -0.2) is 38.9 Å². The number of halogens is 3. The third-order valence-electron chi connectivity index (χ3n) is 4.09. The van der Waals surface area contributed by atoms with E-state index in [1.807, 2.05) is 6.07 Å². The highest BCUT2D eigenvalue weighted by Crippen LogP contribution is 2.32. The van der Waals surface area contributed by atoms with Crippen molar-refractivity contribution in [3.63, 3.8) is 0 Å². The van der Waals surface area contributed by atoms with Gasteiger partial charge < -0.3 is 4.57 Å². The third-order valence-corrected chi connectivity index (χ3v) is 5.85. The molecule has 8 nitrogen and oxygen atoms in total. The fourth-order valence-electron chi connectivity index (χ4n) is 2.56. The molecule has 150 valence electrons. The quantitative estimate of drug-likeness (QED) is 0.635. The van der Waals surface area contributed by atoms with Crippen molar-refractivity contribution in [2.24, 2.45) is 7.05 Å². The first-order chi connectivity index (χ1) is 13.6. The summed E-state index contributed by atoms with van der Waals surface area (Å²) in [7, 11) is -2.28. The first-order valence-electron chi connectivity index (χ1n) is 8.15. The van der Waals surface area contributed by atoms with Crippen LogP contribution in [0.3, 0.4) is 0 Å². The molecule has 3 rings (SSSR count). The molecule has 0 aliphatic rings. The number of aromatic nitrogens is 5. The van der Waals surface area contributed by atoms with E-state index < -0.39 is 21.6 Å². The van der Waals surface area contributed by atoms with Crippen LogP contribution < -0.4 is 0 Å². The number of pyridine rings is 2. The predicted molar refractivity (Wildman–Crippen MR) is 94.9 cm³/mol. The van der Waals surface area contributed by atoms with Crippen LogP contribution in [0.15, 0.2) is 35.4 Å². The van der Waals surface area contributed by atoms with Crippen molar-refractivity contribution in [3.8, 4) is 29.1 Å². The van der Waals surface area contributed by atoms with E-state index in [0.717, 1.165) is 18.3 Å². The first kappa shape index (κ1) is 20.4. The number of hydrogen-bond acceptors (Lipinski definition) is 7. The van der Waals surface area contributed by atoms with Crippen molar-refractivity contribution in [1.29, 1.82) is 5.26 Å². The zero-order chi connectivity index (χ0) is 21.4. The van der Waals surface area contributed by atoms with Gasteiger partial charge in [-0.1, -0.05) is 6.92 Å². The molecule has 0 saturated heterocycles. The lowest BCUT2D eigenvalue weighted by molar-refractivity contribution is -0.137. The summed E-state index contributed by atoms with van der Waals surface area (Å²) in [4.78, 5) is 7.78. The highest BCUT2D eigenvalue weighted by molar-refractivity contribution is 7.91. The van der Waals surface area contributed by atoms with Gasteiger partial charge in [0.1, 0.15) is 23.2 Å². The van der Waals surface area contributed by atoms with Crippen molar-refractivity contribution in [3.05, 3.63) is 41.7 Å². The summed E-state index contributed by atoms with van der Waals surface area (Å²) < 4.78 is 65.1. The average Bonchev–Trinajstić information content (AvgIpc) is 3.08. The molecule has 3 aromatic rings. The van der Waals surface area contributed by atoms with Crippen molar-refractivity contribution in [2.45, 2.75) is 18.0 Å². The summed E-state index contributed by atoms with van der Waals surface area (Å²) in [5, 5.41) is 16.8. The van der Waals surface area contributed by atoms with Gasteiger partial charge in [0.25, 0.3) is 0 Å². The Morgan fingerprint density at radius 3 is 2.48 bits per heavy atom. The summed E-state index contributed by atoms with van der Waals surface area (Å²) >= 11 is 0. The van der Waals surface area contributed by atoms with E-state index in [4.69, 9.17) is 5.26 Å². The average molecular weight is 422 g/mol. The molecule has 0 aliphatic heterocycles. The van der Waals surface area contributed by atoms with Gasteiger partial charge >= 0.3 is 6.18 Å². The van der Waals surface area contributed by atoms with Crippen LogP contribution >= 0.6 is 0 Å². The Kier molecular flexibility index (Phi) is 5.10. The van der Waals surface area contributed by atoms with Crippen molar-refractivity contribution < 1.29 is 21.6 Å². The Hall–Kier alpha value is -3.33. The van der Waals surface area contributed by atoms with Crippen LogP contribution in [0, 0.1) is 11.3 Å². The molecule has 0 aliphatic carbocycles. The molecular formula is C17H13F3N6O2S. The van der Waals surface area contributed by atoms with Crippen molar-refractivity contribution >= 4 is 9.84 Å². The minimum atomic E-state index is -4.57. The lowest BCUT2D eigenvalue weighted by Gasteiger charge is -2.10. The fourth-order valence-corrected chi connectivity index (χ4v) is 3.58. The molecule has 0 radical (unpaired) electrons. The Morgan fingerprint density at radius 1 is 1.17 bits per heavy atom. The molecule has 0 saturated carbocycles. The van der Waals surface area contributed by atoms with E-state index in [9.17, 15) is 21.6 Å². The summed E-state index contributed by atoms with van der Waals surface area (Å²) in [6.45, 7) is 1.45. The van der Waals surface area contributed by atoms with E-state index in [1.54, 1.807) is 0 Å². The van der Waals surface area contributed by atoms with E-state index in [-0.39, 0.29) is 39.4 Å². The fraction of sp³-hybridized carbons (Fsp3) is 0.235. The Morgan fingerprint density at radius 2 is 1.86 bits per heavy atom. The van der Waals surface area contributed by atoms with Crippen LogP contribution in [0.5, 0.6) is 0 Å². The number of sulfone groups is 1. The summed E-state index contributed by atoms with van der Waals surface area (Å²) in [6, 6.07) is 5.96. The summed E-state index contributed by atoms with van der Waals surface area (Å²) in [6.07, 6.45) is -3.57. The highest BCUT2D eigenvalue weighted by Gasteiger charge is 2.31. The van der Waals surface area contributed by atoms with Gasteiger partial charge in [-0.15, -0.1) is 10.2 Å². The molecule has 0 N–H and O–H groups in total. The molecule has 0 amide bonds. The molecule has 0 fully saturated rings. The van der Waals surface area contributed by atoms with E-state index >= 15 is 0 Å². The molecule has 3 aromatic heterocycles. The maximum absolute atomic E-state index is 13.0. The number of nitrogens with zero attached hydrogens (tertiary/aromatic N) is 6. The first-order valence-corrected chi connectivity index (χ1v) is 9.81. The van der Waals surface area contributed by atoms with Crippen LogP contribution in [0.4, 0.5) is 13.2 Å². The van der Waals surface area contributed by atoms with Gasteiger partial charge in [-0.3, -0.25) is 4.98 Å². The van der Waals surface area contributed by atoms with Crippen LogP contribution in [0.1, 0.15) is 18.2 Å². The zero-order valence-electron chi connectivity index (χ0n) is 15.1. The maximum Gasteiger partial charge on any atom is 0.416 e. The van der Waals surface area contributed by atoms with Gasteiger partial charge in [-0.2, -0.15) is 18.4 Å². The molecule has 0 spiro atoms. The Bertz CT molecular complexity index is 1230. The number of hydrogen-bond donors (Lipinski definition) is 0. The van der Waals surface area contributed by atoms with Crippen LogP contribution in [0.25, 0.3) is 23.0 Å². The van der Waals surface area contributed by atoms with E-state index in [1.165, 1.54) is 30.7 Å². The zero-order valence-corrected chi connectivity index (χ0v) is 16.0. The predicted octanol–water partition coefficient (Wildman–Crippen LogP) is 2.62. The van der Waals surface area contributed by atoms with E-state index in [0.29, 0.717) is 0 Å². The highest BCUT2D eigenvalue weighted by atomic mass is 32.2. The van der Waals surface area contributed by atoms with Gasteiger partial charge in [0.2, 0.25) is 0 Å². The normalized spacial score (nSPS) is 12.0. The third kappa shape index (κ3) is 3.81. The second kappa shape index (κ2) is 7.25. The molecule has 0 aromatic carbocycles. The number of alkyl halides is 3. The van der Waals surface area contributed by atoms with Gasteiger partial charge in [-0.25, -0.2) is 13.4 Å². The minimum absolute atomic E-state index is 0.0184. The van der Waals surface area contributed by atoms with Gasteiger partial charge in [0.05, 0.1) is 16.2 Å². The lowest BCUT2D eigenvalue weighted by Crippen LogP contribution is -2.10. The number of rotatable bonds is 4.